The van der Waals surface area contributed by atoms with Crippen LogP contribution in [0.4, 0.5) is 5.13 Å². The van der Waals surface area contributed by atoms with Crippen LogP contribution in [0.3, 0.4) is 0 Å². The van der Waals surface area contributed by atoms with Gasteiger partial charge in [0, 0.05) is 24.9 Å². The summed E-state index contributed by atoms with van der Waals surface area (Å²) < 4.78 is 0. The van der Waals surface area contributed by atoms with Crippen molar-refractivity contribution in [3.8, 4) is 0 Å². The maximum atomic E-state index is 11.1. The molecule has 1 saturated carbocycles. The zero-order valence-electron chi connectivity index (χ0n) is 8.49. The van der Waals surface area contributed by atoms with Crippen molar-refractivity contribution in [1.82, 2.24) is 4.98 Å². The van der Waals surface area contributed by atoms with Crippen molar-refractivity contribution in [1.29, 1.82) is 0 Å². The molecule has 0 aliphatic heterocycles. The number of nitrogens with zero attached hydrogens (tertiary/aromatic N) is 2. The second-order valence-corrected chi connectivity index (χ2v) is 4.43. The second-order valence-electron chi connectivity index (χ2n) is 3.59. The third-order valence-corrected chi connectivity index (χ3v) is 3.30. The third kappa shape index (κ3) is 1.80. The Morgan fingerprint density at radius 3 is 2.86 bits per heavy atom. The van der Waals surface area contributed by atoms with E-state index >= 15 is 0 Å². The lowest BCUT2D eigenvalue weighted by molar-refractivity contribution is 0.101. The van der Waals surface area contributed by atoms with Gasteiger partial charge >= 0.3 is 0 Å². The Balaban J connectivity index is 2.17. The van der Waals surface area contributed by atoms with E-state index in [-0.39, 0.29) is 5.78 Å². The molecule has 1 aliphatic rings. The SMILES string of the molecule is CCN(c1nc(C(C)=O)cs1)C1CC1. The summed E-state index contributed by atoms with van der Waals surface area (Å²) >= 11 is 1.57. The Morgan fingerprint density at radius 2 is 2.43 bits per heavy atom. The molecule has 1 aromatic heterocycles. The topological polar surface area (TPSA) is 33.2 Å². The molecule has 0 spiro atoms. The van der Waals surface area contributed by atoms with Crippen LogP contribution in [-0.2, 0) is 0 Å². The van der Waals surface area contributed by atoms with Gasteiger partial charge in [0.1, 0.15) is 5.69 Å². The molecule has 0 atom stereocenters. The summed E-state index contributed by atoms with van der Waals surface area (Å²) in [7, 11) is 0. The first-order chi connectivity index (χ1) is 6.72. The minimum atomic E-state index is 0.0550. The number of Topliss-reactive ketones (excluding diaryl/α,β-unsaturated/α-hetero) is 1. The lowest BCUT2D eigenvalue weighted by Crippen LogP contribution is -2.24. The molecule has 1 aliphatic carbocycles. The second kappa shape index (κ2) is 3.69. The van der Waals surface area contributed by atoms with Crippen LogP contribution in [0.5, 0.6) is 0 Å². The van der Waals surface area contributed by atoms with Gasteiger partial charge in [-0.3, -0.25) is 4.79 Å². The van der Waals surface area contributed by atoms with Crippen LogP contribution in [0, 0.1) is 0 Å². The van der Waals surface area contributed by atoms with Gasteiger partial charge in [-0.25, -0.2) is 4.98 Å². The van der Waals surface area contributed by atoms with E-state index in [1.165, 1.54) is 12.8 Å². The lowest BCUT2D eigenvalue weighted by Gasteiger charge is -2.18. The number of hydrogen-bond acceptors (Lipinski definition) is 4. The Hall–Kier alpha value is -0.900. The first kappa shape index (κ1) is 9.65. The lowest BCUT2D eigenvalue weighted by atomic mass is 10.4. The maximum absolute atomic E-state index is 11.1. The fraction of sp³-hybridized carbons (Fsp3) is 0.600. The van der Waals surface area contributed by atoms with Crippen LogP contribution in [-0.4, -0.2) is 23.4 Å². The highest BCUT2D eigenvalue weighted by atomic mass is 32.1. The summed E-state index contributed by atoms with van der Waals surface area (Å²) in [5, 5.41) is 2.85. The number of rotatable bonds is 4. The molecule has 0 N–H and O–H groups in total. The predicted molar refractivity (Wildman–Crippen MR) is 58.2 cm³/mol. The van der Waals surface area contributed by atoms with Gasteiger partial charge in [-0.1, -0.05) is 0 Å². The minimum Gasteiger partial charge on any atom is -0.345 e. The fourth-order valence-corrected chi connectivity index (χ4v) is 2.49. The smallest absolute Gasteiger partial charge is 0.186 e. The molecular weight excluding hydrogens is 196 g/mol. The maximum Gasteiger partial charge on any atom is 0.186 e. The molecule has 0 aromatic carbocycles. The van der Waals surface area contributed by atoms with Crippen molar-refractivity contribution < 1.29 is 4.79 Å². The van der Waals surface area contributed by atoms with Crippen LogP contribution in [0.15, 0.2) is 5.38 Å². The summed E-state index contributed by atoms with van der Waals surface area (Å²) in [5.41, 5.74) is 0.601. The summed E-state index contributed by atoms with van der Waals surface area (Å²) in [6.07, 6.45) is 2.53. The monoisotopic (exact) mass is 210 g/mol. The van der Waals surface area contributed by atoms with Crippen LogP contribution in [0.1, 0.15) is 37.2 Å². The van der Waals surface area contributed by atoms with Gasteiger partial charge in [0.05, 0.1) is 0 Å². The van der Waals surface area contributed by atoms with E-state index in [4.69, 9.17) is 0 Å². The average molecular weight is 210 g/mol. The van der Waals surface area contributed by atoms with E-state index in [1.54, 1.807) is 18.3 Å². The number of thiazole rings is 1. The summed E-state index contributed by atoms with van der Waals surface area (Å²) in [5.74, 6) is 0.0550. The molecule has 0 saturated heterocycles. The molecule has 1 fully saturated rings. The van der Waals surface area contributed by atoms with Crippen molar-refractivity contribution in [3.05, 3.63) is 11.1 Å². The number of anilines is 1. The van der Waals surface area contributed by atoms with E-state index < -0.39 is 0 Å². The van der Waals surface area contributed by atoms with Gasteiger partial charge < -0.3 is 4.90 Å². The molecule has 4 heteroatoms. The number of hydrogen-bond donors (Lipinski definition) is 0. The molecule has 14 heavy (non-hydrogen) atoms. The van der Waals surface area contributed by atoms with Crippen LogP contribution >= 0.6 is 11.3 Å². The normalized spacial score (nSPS) is 15.6. The number of ketones is 1. The summed E-state index contributed by atoms with van der Waals surface area (Å²) in [6.45, 7) is 4.68. The zero-order valence-corrected chi connectivity index (χ0v) is 9.30. The Morgan fingerprint density at radius 1 is 1.71 bits per heavy atom. The van der Waals surface area contributed by atoms with Crippen LogP contribution < -0.4 is 4.90 Å². The number of carbonyl (C=O) groups excluding carboxylic acids is 1. The van der Waals surface area contributed by atoms with Gasteiger partial charge in [-0.15, -0.1) is 11.3 Å². The molecular formula is C10H14N2OS. The largest absolute Gasteiger partial charge is 0.345 e. The standard InChI is InChI=1S/C10H14N2OS/c1-3-12(8-4-5-8)10-11-9(6-14-10)7(2)13/h6,8H,3-5H2,1-2H3. The van der Waals surface area contributed by atoms with Gasteiger partial charge in [0.25, 0.3) is 0 Å². The highest BCUT2D eigenvalue weighted by Crippen LogP contribution is 2.33. The van der Waals surface area contributed by atoms with E-state index in [9.17, 15) is 4.79 Å². The molecule has 0 bridgehead atoms. The van der Waals surface area contributed by atoms with Crippen LogP contribution in [0.25, 0.3) is 0 Å². The molecule has 2 rings (SSSR count). The van der Waals surface area contributed by atoms with Crippen molar-refractivity contribution in [2.75, 3.05) is 11.4 Å². The summed E-state index contributed by atoms with van der Waals surface area (Å²) in [6, 6.07) is 0.672. The quantitative estimate of drug-likeness (QED) is 0.715. The number of aromatic nitrogens is 1. The van der Waals surface area contributed by atoms with E-state index in [0.29, 0.717) is 11.7 Å². The fourth-order valence-electron chi connectivity index (χ4n) is 1.49. The summed E-state index contributed by atoms with van der Waals surface area (Å²) in [4.78, 5) is 17.7. The molecule has 0 radical (unpaired) electrons. The zero-order chi connectivity index (χ0) is 10.1. The Labute approximate surface area is 87.8 Å². The molecule has 0 amide bonds. The minimum absolute atomic E-state index is 0.0550. The molecule has 0 unspecified atom stereocenters. The van der Waals surface area contributed by atoms with Crippen molar-refractivity contribution in [3.63, 3.8) is 0 Å². The van der Waals surface area contributed by atoms with Gasteiger partial charge in [-0.2, -0.15) is 0 Å². The van der Waals surface area contributed by atoms with Crippen molar-refractivity contribution in [2.45, 2.75) is 32.7 Å². The number of carbonyl (C=O) groups is 1. The van der Waals surface area contributed by atoms with Gasteiger partial charge in [0.2, 0.25) is 0 Å². The molecule has 1 heterocycles. The van der Waals surface area contributed by atoms with E-state index in [1.807, 2.05) is 5.38 Å². The first-order valence-corrected chi connectivity index (χ1v) is 5.83. The predicted octanol–water partition coefficient (Wildman–Crippen LogP) is 2.33. The highest BCUT2D eigenvalue weighted by Gasteiger charge is 2.29. The molecule has 3 nitrogen and oxygen atoms in total. The first-order valence-electron chi connectivity index (χ1n) is 4.95. The van der Waals surface area contributed by atoms with Crippen molar-refractivity contribution in [2.24, 2.45) is 0 Å². The van der Waals surface area contributed by atoms with E-state index in [2.05, 4.69) is 16.8 Å². The van der Waals surface area contributed by atoms with Gasteiger partial charge in [0.15, 0.2) is 10.9 Å². The Kier molecular flexibility index (Phi) is 2.54. The molecule has 76 valence electrons. The van der Waals surface area contributed by atoms with Crippen molar-refractivity contribution >= 4 is 22.3 Å². The Bertz CT molecular complexity index is 344. The highest BCUT2D eigenvalue weighted by molar-refractivity contribution is 7.13. The molecule has 1 aromatic rings. The van der Waals surface area contributed by atoms with E-state index in [0.717, 1.165) is 11.7 Å². The third-order valence-electron chi connectivity index (χ3n) is 2.43. The van der Waals surface area contributed by atoms with Gasteiger partial charge in [-0.05, 0) is 19.8 Å². The average Bonchev–Trinajstić information content (AvgIpc) is 2.84. The van der Waals surface area contributed by atoms with Crippen LogP contribution in [0.2, 0.25) is 0 Å².